The molecule has 2 aliphatic rings. The number of hydrogen-bond donors (Lipinski definition) is 0. The van der Waals surface area contributed by atoms with E-state index in [2.05, 4.69) is 39.9 Å². The highest BCUT2D eigenvalue weighted by molar-refractivity contribution is 7.13. The molecular weight excluding hydrogens is 358 g/mol. The number of anilines is 1. The maximum absolute atomic E-state index is 13.8. The Balaban J connectivity index is 1.58. The van der Waals surface area contributed by atoms with Crippen molar-refractivity contribution in [1.82, 2.24) is 9.88 Å². The molecule has 0 aliphatic carbocycles. The maximum Gasteiger partial charge on any atom is 0.233 e. The van der Waals surface area contributed by atoms with Gasteiger partial charge in [-0.3, -0.25) is 4.79 Å². The quantitative estimate of drug-likeness (QED) is 0.814. The number of amides is 1. The Kier molecular flexibility index (Phi) is 5.45. The second-order valence-electron chi connectivity index (χ2n) is 7.46. The number of hydrogen-bond acceptors (Lipinski definition) is 5. The largest absolute Gasteiger partial charge is 0.381 e. The smallest absolute Gasteiger partial charge is 0.233 e. The van der Waals surface area contributed by atoms with Gasteiger partial charge in [0.15, 0.2) is 5.13 Å². The summed E-state index contributed by atoms with van der Waals surface area (Å²) in [4.78, 5) is 22.6. The highest BCUT2D eigenvalue weighted by Gasteiger charge is 2.45. The molecule has 1 aromatic heterocycles. The molecular formula is C21H27N3O2S. The lowest BCUT2D eigenvalue weighted by Gasteiger charge is -2.40. The van der Waals surface area contributed by atoms with E-state index >= 15 is 0 Å². The van der Waals surface area contributed by atoms with E-state index in [1.807, 2.05) is 17.6 Å². The van der Waals surface area contributed by atoms with Gasteiger partial charge in [-0.1, -0.05) is 24.3 Å². The molecule has 0 atom stereocenters. The van der Waals surface area contributed by atoms with Crippen molar-refractivity contribution in [3.05, 3.63) is 47.0 Å². The van der Waals surface area contributed by atoms with Crippen LogP contribution in [-0.4, -0.2) is 55.2 Å². The van der Waals surface area contributed by atoms with Crippen LogP contribution >= 0.6 is 11.3 Å². The van der Waals surface area contributed by atoms with Gasteiger partial charge in [-0.25, -0.2) is 4.98 Å². The average Bonchev–Trinajstić information content (AvgIpc) is 3.13. The zero-order valence-corrected chi connectivity index (χ0v) is 16.7. The van der Waals surface area contributed by atoms with Gasteiger partial charge in [-0.2, -0.15) is 0 Å². The van der Waals surface area contributed by atoms with Crippen LogP contribution in [0, 0.1) is 6.92 Å². The standard InChI is InChI=1S/C21H27N3O2S/c1-17-5-2-3-6-18(17)21(7-14-26-15-8-21)19(25)23-10-4-11-24(13-12-23)20-22-9-16-27-20/h2-3,5-6,9,16H,4,7-8,10-15H2,1H3. The molecule has 2 fully saturated rings. The SMILES string of the molecule is Cc1ccccc1C1(C(=O)N2CCCN(c3nccs3)CC2)CCOCC1. The lowest BCUT2D eigenvalue weighted by atomic mass is 9.71. The Labute approximate surface area is 165 Å². The van der Waals surface area contributed by atoms with Crippen LogP contribution in [0.25, 0.3) is 0 Å². The molecule has 1 amide bonds. The van der Waals surface area contributed by atoms with Gasteiger partial charge in [0.1, 0.15) is 0 Å². The molecule has 0 unspecified atom stereocenters. The lowest BCUT2D eigenvalue weighted by Crippen LogP contribution is -2.51. The summed E-state index contributed by atoms with van der Waals surface area (Å²) >= 11 is 1.67. The third kappa shape index (κ3) is 3.60. The predicted molar refractivity (Wildman–Crippen MR) is 108 cm³/mol. The Morgan fingerprint density at radius 2 is 1.96 bits per heavy atom. The maximum atomic E-state index is 13.8. The van der Waals surface area contributed by atoms with Crippen molar-refractivity contribution in [2.75, 3.05) is 44.3 Å². The molecule has 0 saturated carbocycles. The van der Waals surface area contributed by atoms with Crippen LogP contribution in [0.15, 0.2) is 35.8 Å². The molecule has 0 radical (unpaired) electrons. The van der Waals surface area contributed by atoms with E-state index in [1.54, 1.807) is 11.3 Å². The fourth-order valence-electron chi connectivity index (χ4n) is 4.41. The highest BCUT2D eigenvalue weighted by atomic mass is 32.1. The zero-order chi connectivity index (χ0) is 18.7. The number of aromatic nitrogens is 1. The predicted octanol–water partition coefficient (Wildman–Crippen LogP) is 3.24. The molecule has 1 aromatic carbocycles. The molecule has 27 heavy (non-hydrogen) atoms. The van der Waals surface area contributed by atoms with Crippen molar-refractivity contribution >= 4 is 22.4 Å². The van der Waals surface area contributed by atoms with E-state index in [0.29, 0.717) is 13.2 Å². The fraction of sp³-hybridized carbons (Fsp3) is 0.524. The number of carbonyl (C=O) groups is 1. The van der Waals surface area contributed by atoms with E-state index in [4.69, 9.17) is 4.74 Å². The first kappa shape index (κ1) is 18.4. The average molecular weight is 386 g/mol. The van der Waals surface area contributed by atoms with Crippen molar-refractivity contribution in [2.24, 2.45) is 0 Å². The molecule has 2 aliphatic heterocycles. The minimum atomic E-state index is -0.444. The van der Waals surface area contributed by atoms with E-state index in [1.165, 1.54) is 11.1 Å². The van der Waals surface area contributed by atoms with E-state index in [-0.39, 0.29) is 5.91 Å². The van der Waals surface area contributed by atoms with Gasteiger partial charge in [0.05, 0.1) is 5.41 Å². The zero-order valence-electron chi connectivity index (χ0n) is 15.9. The van der Waals surface area contributed by atoms with Gasteiger partial charge in [0.2, 0.25) is 5.91 Å². The summed E-state index contributed by atoms with van der Waals surface area (Å²) in [7, 11) is 0. The first-order valence-electron chi connectivity index (χ1n) is 9.78. The summed E-state index contributed by atoms with van der Waals surface area (Å²) < 4.78 is 5.63. The first-order chi connectivity index (χ1) is 13.2. The third-order valence-corrected chi connectivity index (χ3v) is 6.72. The molecule has 2 aromatic rings. The molecule has 144 valence electrons. The Morgan fingerprint density at radius 3 is 2.70 bits per heavy atom. The molecule has 5 nitrogen and oxygen atoms in total. The number of carbonyl (C=O) groups excluding carboxylic acids is 1. The summed E-state index contributed by atoms with van der Waals surface area (Å²) in [5.74, 6) is 0.279. The first-order valence-corrected chi connectivity index (χ1v) is 10.7. The molecule has 6 heteroatoms. The summed E-state index contributed by atoms with van der Waals surface area (Å²) in [5, 5.41) is 3.07. The second kappa shape index (κ2) is 7.98. The lowest BCUT2D eigenvalue weighted by molar-refractivity contribution is -0.141. The number of benzene rings is 1. The molecule has 4 rings (SSSR count). The van der Waals surface area contributed by atoms with Crippen LogP contribution < -0.4 is 4.90 Å². The molecule has 0 bridgehead atoms. The normalized spacial score (nSPS) is 20.3. The van der Waals surface area contributed by atoms with Crippen molar-refractivity contribution in [1.29, 1.82) is 0 Å². The van der Waals surface area contributed by atoms with Gasteiger partial charge >= 0.3 is 0 Å². The Hall–Kier alpha value is -1.92. The summed E-state index contributed by atoms with van der Waals surface area (Å²) in [6, 6.07) is 8.36. The second-order valence-corrected chi connectivity index (χ2v) is 8.33. The number of thiazole rings is 1. The molecule has 0 N–H and O–H groups in total. The van der Waals surface area contributed by atoms with E-state index in [9.17, 15) is 4.79 Å². The third-order valence-electron chi connectivity index (χ3n) is 5.89. The van der Waals surface area contributed by atoms with Crippen LogP contribution in [0.4, 0.5) is 5.13 Å². The number of nitrogens with zero attached hydrogens (tertiary/aromatic N) is 3. The summed E-state index contributed by atoms with van der Waals surface area (Å²) in [6.45, 7) is 6.80. The molecule has 2 saturated heterocycles. The Bertz CT molecular complexity index is 771. The fourth-order valence-corrected chi connectivity index (χ4v) is 5.11. The minimum absolute atomic E-state index is 0.279. The van der Waals surface area contributed by atoms with Gasteiger partial charge in [0, 0.05) is 51.0 Å². The number of aryl methyl sites for hydroxylation is 1. The van der Waals surface area contributed by atoms with Gasteiger partial charge < -0.3 is 14.5 Å². The van der Waals surface area contributed by atoms with Gasteiger partial charge in [-0.05, 0) is 37.3 Å². The summed E-state index contributed by atoms with van der Waals surface area (Å²) in [6.07, 6.45) is 4.36. The van der Waals surface area contributed by atoms with Crippen molar-refractivity contribution in [2.45, 2.75) is 31.6 Å². The van der Waals surface area contributed by atoms with Crippen LogP contribution in [0.5, 0.6) is 0 Å². The Morgan fingerprint density at radius 1 is 1.15 bits per heavy atom. The van der Waals surface area contributed by atoms with E-state index < -0.39 is 5.41 Å². The summed E-state index contributed by atoms with van der Waals surface area (Å²) in [5.41, 5.74) is 1.94. The van der Waals surface area contributed by atoms with Crippen molar-refractivity contribution < 1.29 is 9.53 Å². The van der Waals surface area contributed by atoms with Crippen LogP contribution in [-0.2, 0) is 14.9 Å². The van der Waals surface area contributed by atoms with Gasteiger partial charge in [-0.15, -0.1) is 11.3 Å². The topological polar surface area (TPSA) is 45.7 Å². The van der Waals surface area contributed by atoms with Crippen LogP contribution in [0.2, 0.25) is 0 Å². The van der Waals surface area contributed by atoms with Crippen molar-refractivity contribution in [3.63, 3.8) is 0 Å². The van der Waals surface area contributed by atoms with Crippen LogP contribution in [0.3, 0.4) is 0 Å². The highest BCUT2D eigenvalue weighted by Crippen LogP contribution is 2.38. The number of rotatable bonds is 3. The molecule has 0 spiro atoms. The monoisotopic (exact) mass is 385 g/mol. The number of ether oxygens (including phenoxy) is 1. The van der Waals surface area contributed by atoms with Crippen molar-refractivity contribution in [3.8, 4) is 0 Å². The minimum Gasteiger partial charge on any atom is -0.381 e. The van der Waals surface area contributed by atoms with Crippen LogP contribution in [0.1, 0.15) is 30.4 Å². The van der Waals surface area contributed by atoms with E-state index in [0.717, 1.165) is 50.6 Å². The molecule has 3 heterocycles. The van der Waals surface area contributed by atoms with Gasteiger partial charge in [0.25, 0.3) is 0 Å².